The summed E-state index contributed by atoms with van der Waals surface area (Å²) < 4.78 is 51.5. The van der Waals surface area contributed by atoms with Crippen LogP contribution in [0.2, 0.25) is 0 Å². The number of anilines is 1. The quantitative estimate of drug-likeness (QED) is 0.786. The lowest BCUT2D eigenvalue weighted by atomic mass is 10.1. The number of H-pyrrole nitrogens is 1. The van der Waals surface area contributed by atoms with E-state index in [0.717, 1.165) is 0 Å². The first-order valence-electron chi connectivity index (χ1n) is 5.23. The van der Waals surface area contributed by atoms with E-state index < -0.39 is 23.2 Å². The highest BCUT2D eigenvalue weighted by molar-refractivity contribution is 5.82. The highest BCUT2D eigenvalue weighted by atomic mass is 19.4. The lowest BCUT2D eigenvalue weighted by Crippen LogP contribution is -2.17. The van der Waals surface area contributed by atoms with Crippen LogP contribution in [0.25, 0.3) is 11.0 Å². The van der Waals surface area contributed by atoms with Gasteiger partial charge in [-0.3, -0.25) is 4.79 Å². The van der Waals surface area contributed by atoms with Gasteiger partial charge in [-0.25, -0.2) is 9.37 Å². The number of hydrogen-bond donors (Lipinski definition) is 2. The summed E-state index contributed by atoms with van der Waals surface area (Å²) in [7, 11) is 1.47. The third kappa shape index (κ3) is 2.13. The Morgan fingerprint density at radius 2 is 2.00 bits per heavy atom. The maximum Gasteiger partial charge on any atom is 0.436 e. The standard InChI is InChI=1S/C11H9F4N3O/c1-4-5-3-6(16-2)10(19)18-9(5)17-8(7(4)12)11(13,14)15/h3,16H,1-2H3,(H,17,18,19). The van der Waals surface area contributed by atoms with Crippen LogP contribution in [0.15, 0.2) is 10.9 Å². The van der Waals surface area contributed by atoms with Crippen molar-refractivity contribution in [1.29, 1.82) is 0 Å². The molecular weight excluding hydrogens is 266 g/mol. The smallest absolute Gasteiger partial charge is 0.384 e. The molecular formula is C11H9F4N3O. The SMILES string of the molecule is CNc1cc2c(C)c(F)c(C(F)(F)F)nc2[nH]c1=O. The first-order chi connectivity index (χ1) is 8.75. The van der Waals surface area contributed by atoms with Crippen LogP contribution in [-0.2, 0) is 6.18 Å². The van der Waals surface area contributed by atoms with Crippen LogP contribution >= 0.6 is 0 Å². The number of fused-ring (bicyclic) bond motifs is 1. The Morgan fingerprint density at radius 3 is 2.53 bits per heavy atom. The van der Waals surface area contributed by atoms with Crippen molar-refractivity contribution in [2.24, 2.45) is 0 Å². The van der Waals surface area contributed by atoms with Crippen LogP contribution in [0, 0.1) is 12.7 Å². The van der Waals surface area contributed by atoms with Crippen LogP contribution in [0.5, 0.6) is 0 Å². The van der Waals surface area contributed by atoms with Gasteiger partial charge in [0.25, 0.3) is 5.56 Å². The molecule has 0 aromatic carbocycles. The van der Waals surface area contributed by atoms with Gasteiger partial charge in [-0.1, -0.05) is 0 Å². The number of halogens is 4. The van der Waals surface area contributed by atoms with Gasteiger partial charge in [-0.05, 0) is 18.6 Å². The van der Waals surface area contributed by atoms with Crippen molar-refractivity contribution >= 4 is 16.7 Å². The number of alkyl halides is 3. The van der Waals surface area contributed by atoms with E-state index in [4.69, 9.17) is 0 Å². The molecule has 4 nitrogen and oxygen atoms in total. The number of rotatable bonds is 1. The number of nitrogens with one attached hydrogen (secondary N) is 2. The summed E-state index contributed by atoms with van der Waals surface area (Å²) in [4.78, 5) is 16.8. The molecule has 8 heteroatoms. The van der Waals surface area contributed by atoms with E-state index in [2.05, 4.69) is 15.3 Å². The molecule has 2 N–H and O–H groups in total. The summed E-state index contributed by atoms with van der Waals surface area (Å²) in [6.45, 7) is 1.20. The number of pyridine rings is 2. The summed E-state index contributed by atoms with van der Waals surface area (Å²) in [6.07, 6.45) is -4.92. The molecule has 0 radical (unpaired) electrons. The normalized spacial score (nSPS) is 11.9. The predicted molar refractivity (Wildman–Crippen MR) is 61.6 cm³/mol. The third-order valence-corrected chi connectivity index (χ3v) is 2.72. The molecule has 0 amide bonds. The summed E-state index contributed by atoms with van der Waals surface area (Å²) in [6, 6.07) is 1.26. The van der Waals surface area contributed by atoms with Crippen molar-refractivity contribution in [2.45, 2.75) is 13.1 Å². The average Bonchev–Trinajstić information content (AvgIpc) is 2.31. The second kappa shape index (κ2) is 4.22. The second-order valence-electron chi connectivity index (χ2n) is 3.92. The molecule has 0 aliphatic carbocycles. The summed E-state index contributed by atoms with van der Waals surface area (Å²) in [5.74, 6) is -1.44. The lowest BCUT2D eigenvalue weighted by Gasteiger charge is -2.11. The molecule has 0 unspecified atom stereocenters. The van der Waals surface area contributed by atoms with Crippen molar-refractivity contribution in [3.8, 4) is 0 Å². The van der Waals surface area contributed by atoms with Gasteiger partial charge in [0.2, 0.25) is 0 Å². The van der Waals surface area contributed by atoms with E-state index >= 15 is 0 Å². The molecule has 0 aliphatic rings. The van der Waals surface area contributed by atoms with E-state index in [1.165, 1.54) is 20.0 Å². The van der Waals surface area contributed by atoms with Crippen molar-refractivity contribution in [3.63, 3.8) is 0 Å². The Bertz CT molecular complexity index is 706. The second-order valence-corrected chi connectivity index (χ2v) is 3.92. The fourth-order valence-electron chi connectivity index (χ4n) is 1.72. The number of aryl methyl sites for hydroxylation is 1. The van der Waals surface area contributed by atoms with Crippen LogP contribution in [0.1, 0.15) is 11.3 Å². The van der Waals surface area contributed by atoms with Gasteiger partial charge in [0.1, 0.15) is 11.3 Å². The fourth-order valence-corrected chi connectivity index (χ4v) is 1.72. The molecule has 0 saturated heterocycles. The average molecular weight is 275 g/mol. The Kier molecular flexibility index (Phi) is 2.95. The number of aromatic amines is 1. The van der Waals surface area contributed by atoms with E-state index in [1.807, 2.05) is 0 Å². The van der Waals surface area contributed by atoms with E-state index in [-0.39, 0.29) is 22.3 Å². The fraction of sp³-hybridized carbons (Fsp3) is 0.273. The third-order valence-electron chi connectivity index (χ3n) is 2.72. The first-order valence-corrected chi connectivity index (χ1v) is 5.23. The van der Waals surface area contributed by atoms with Crippen molar-refractivity contribution < 1.29 is 17.6 Å². The number of nitrogens with zero attached hydrogens (tertiary/aromatic N) is 1. The Labute approximate surface area is 104 Å². The monoisotopic (exact) mass is 275 g/mol. The highest BCUT2D eigenvalue weighted by Gasteiger charge is 2.37. The molecule has 0 bridgehead atoms. The summed E-state index contributed by atoms with van der Waals surface area (Å²) in [5, 5.41) is 2.68. The summed E-state index contributed by atoms with van der Waals surface area (Å²) >= 11 is 0. The van der Waals surface area contributed by atoms with Gasteiger partial charge >= 0.3 is 6.18 Å². The molecule has 2 aromatic heterocycles. The molecule has 0 saturated carbocycles. The molecule has 2 heterocycles. The summed E-state index contributed by atoms with van der Waals surface area (Å²) in [5.41, 5.74) is -2.65. The van der Waals surface area contributed by atoms with Gasteiger partial charge < -0.3 is 10.3 Å². The minimum atomic E-state index is -4.92. The van der Waals surface area contributed by atoms with Gasteiger partial charge in [0.15, 0.2) is 11.5 Å². The zero-order chi connectivity index (χ0) is 14.4. The predicted octanol–water partition coefficient (Wildman–Crippen LogP) is 2.43. The number of hydrogen-bond acceptors (Lipinski definition) is 3. The molecule has 2 aromatic rings. The first kappa shape index (κ1) is 13.3. The van der Waals surface area contributed by atoms with Crippen molar-refractivity contribution in [2.75, 3.05) is 12.4 Å². The molecule has 0 aliphatic heterocycles. The Hall–Kier alpha value is -2.12. The number of aromatic nitrogens is 2. The lowest BCUT2D eigenvalue weighted by molar-refractivity contribution is -0.143. The molecule has 2 rings (SSSR count). The van der Waals surface area contributed by atoms with Crippen molar-refractivity contribution in [1.82, 2.24) is 9.97 Å². The zero-order valence-corrected chi connectivity index (χ0v) is 9.94. The molecule has 0 spiro atoms. The van der Waals surface area contributed by atoms with E-state index in [9.17, 15) is 22.4 Å². The zero-order valence-electron chi connectivity index (χ0n) is 9.94. The van der Waals surface area contributed by atoms with E-state index in [0.29, 0.717) is 0 Å². The topological polar surface area (TPSA) is 57.8 Å². The Balaban J connectivity index is 2.89. The van der Waals surface area contributed by atoms with Gasteiger partial charge in [-0.2, -0.15) is 13.2 Å². The highest BCUT2D eigenvalue weighted by Crippen LogP contribution is 2.33. The van der Waals surface area contributed by atoms with Crippen LogP contribution < -0.4 is 10.9 Å². The van der Waals surface area contributed by atoms with Gasteiger partial charge in [0.05, 0.1) is 0 Å². The van der Waals surface area contributed by atoms with Gasteiger partial charge in [-0.15, -0.1) is 0 Å². The van der Waals surface area contributed by atoms with Crippen molar-refractivity contribution in [3.05, 3.63) is 33.5 Å². The maximum atomic E-state index is 13.7. The molecule has 19 heavy (non-hydrogen) atoms. The maximum absolute atomic E-state index is 13.7. The van der Waals surface area contributed by atoms with Gasteiger partial charge in [0, 0.05) is 12.4 Å². The molecule has 102 valence electrons. The minimum Gasteiger partial charge on any atom is -0.384 e. The minimum absolute atomic E-state index is 0.120. The Morgan fingerprint density at radius 1 is 1.37 bits per heavy atom. The van der Waals surface area contributed by atoms with Crippen LogP contribution in [-0.4, -0.2) is 17.0 Å². The van der Waals surface area contributed by atoms with Crippen LogP contribution in [0.3, 0.4) is 0 Å². The van der Waals surface area contributed by atoms with E-state index in [1.54, 1.807) is 0 Å². The van der Waals surface area contributed by atoms with Crippen LogP contribution in [0.4, 0.5) is 23.2 Å². The molecule has 0 fully saturated rings. The molecule has 0 atom stereocenters. The largest absolute Gasteiger partial charge is 0.436 e.